The molecule has 0 saturated heterocycles. The second-order valence-electron chi connectivity index (χ2n) is 7.44. The van der Waals surface area contributed by atoms with Gasteiger partial charge in [-0.1, -0.05) is 30.3 Å². The van der Waals surface area contributed by atoms with Gasteiger partial charge < -0.3 is 10.1 Å². The van der Waals surface area contributed by atoms with E-state index in [4.69, 9.17) is 4.74 Å². The lowest BCUT2D eigenvalue weighted by Gasteiger charge is -2.40. The van der Waals surface area contributed by atoms with E-state index in [1.807, 2.05) is 30.3 Å². The molecule has 162 valence electrons. The lowest BCUT2D eigenvalue weighted by Crippen LogP contribution is -2.54. The number of halogens is 1. The fraction of sp³-hybridized carbons (Fsp3) is 0.174. The van der Waals surface area contributed by atoms with Crippen LogP contribution < -0.4 is 20.5 Å². The maximum Gasteiger partial charge on any atom is 0.308 e. The second-order valence-corrected chi connectivity index (χ2v) is 8.46. The van der Waals surface area contributed by atoms with Gasteiger partial charge in [-0.2, -0.15) is 0 Å². The van der Waals surface area contributed by atoms with Crippen molar-refractivity contribution >= 4 is 23.6 Å². The van der Waals surface area contributed by atoms with Crippen LogP contribution >= 0.6 is 11.8 Å². The van der Waals surface area contributed by atoms with Crippen LogP contribution in [-0.4, -0.2) is 23.2 Å². The average Bonchev–Trinajstić information content (AvgIpc) is 2.94. The molecule has 2 aliphatic heterocycles. The zero-order valence-electron chi connectivity index (χ0n) is 17.0. The predicted molar refractivity (Wildman–Crippen MR) is 117 cm³/mol. The highest BCUT2D eigenvalue weighted by Crippen LogP contribution is 2.43. The van der Waals surface area contributed by atoms with Gasteiger partial charge in [0.25, 0.3) is 5.91 Å². The van der Waals surface area contributed by atoms with Crippen molar-refractivity contribution in [1.29, 1.82) is 0 Å². The number of nitrogens with one attached hydrogen (secondary N) is 1. The van der Waals surface area contributed by atoms with Gasteiger partial charge in [0.15, 0.2) is 5.69 Å². The molecule has 0 bridgehead atoms. The summed E-state index contributed by atoms with van der Waals surface area (Å²) in [5.41, 5.74) is 1.52. The van der Waals surface area contributed by atoms with Gasteiger partial charge >= 0.3 is 5.97 Å². The number of rotatable bonds is 2. The van der Waals surface area contributed by atoms with Crippen molar-refractivity contribution in [3.05, 3.63) is 93.2 Å². The Bertz CT molecular complexity index is 1320. The molecule has 1 aromatic heterocycles. The van der Waals surface area contributed by atoms with Gasteiger partial charge in [0.2, 0.25) is 11.2 Å². The number of amides is 1. The molecule has 3 heterocycles. The normalized spacial score (nSPS) is 16.9. The van der Waals surface area contributed by atoms with E-state index >= 15 is 4.39 Å². The maximum atomic E-state index is 15.3. The Kier molecular flexibility index (Phi) is 4.97. The number of benzene rings is 2. The van der Waals surface area contributed by atoms with Crippen LogP contribution in [0.2, 0.25) is 0 Å². The molecule has 1 atom stereocenters. The number of nitrogens with zero attached hydrogens (tertiary/aromatic N) is 2. The minimum atomic E-state index is -0.714. The van der Waals surface area contributed by atoms with E-state index in [0.717, 1.165) is 22.9 Å². The van der Waals surface area contributed by atoms with Crippen molar-refractivity contribution in [3.63, 3.8) is 0 Å². The molecule has 32 heavy (non-hydrogen) atoms. The van der Waals surface area contributed by atoms with Gasteiger partial charge in [0, 0.05) is 35.4 Å². The first kappa shape index (κ1) is 20.3. The first-order chi connectivity index (χ1) is 15.5. The van der Waals surface area contributed by atoms with Crippen LogP contribution in [0.1, 0.15) is 40.1 Å². The Morgan fingerprint density at radius 3 is 2.78 bits per heavy atom. The van der Waals surface area contributed by atoms with Crippen LogP contribution in [0.25, 0.3) is 0 Å². The summed E-state index contributed by atoms with van der Waals surface area (Å²) in [6.45, 7) is 1.22. The topological polar surface area (TPSA) is 80.6 Å². The number of aromatic nitrogens is 1. The van der Waals surface area contributed by atoms with E-state index in [2.05, 4.69) is 5.32 Å². The third kappa shape index (κ3) is 3.25. The highest BCUT2D eigenvalue weighted by atomic mass is 32.2. The summed E-state index contributed by atoms with van der Waals surface area (Å²) >= 11 is 1.62. The van der Waals surface area contributed by atoms with Crippen LogP contribution in [0, 0.1) is 5.82 Å². The number of ether oxygens (including phenoxy) is 1. The van der Waals surface area contributed by atoms with E-state index in [9.17, 15) is 14.4 Å². The fourth-order valence-electron chi connectivity index (χ4n) is 4.17. The molecule has 3 aromatic rings. The van der Waals surface area contributed by atoms with Crippen molar-refractivity contribution < 1.29 is 18.7 Å². The van der Waals surface area contributed by atoms with Crippen molar-refractivity contribution in [1.82, 2.24) is 9.99 Å². The van der Waals surface area contributed by atoms with Gasteiger partial charge in [-0.3, -0.25) is 24.1 Å². The first-order valence-corrected chi connectivity index (χ1v) is 10.9. The van der Waals surface area contributed by atoms with Crippen LogP contribution in [-0.2, 0) is 10.5 Å². The number of hydrogen-bond donors (Lipinski definition) is 1. The molecule has 9 heteroatoms. The standard InChI is InChI=1S/C23H18FN3O4S/c1-13(28)31-22-17(29)9-10-26-21(22)23(30)25-12-27(26)20-15-6-2-3-8-18(15)32-11-14-5-4-7-16(24)19(14)20/h2-10,20H,11-12H2,1H3,(H,25,30). The lowest BCUT2D eigenvalue weighted by molar-refractivity contribution is -0.132. The fourth-order valence-corrected chi connectivity index (χ4v) is 5.26. The molecule has 2 aromatic carbocycles. The van der Waals surface area contributed by atoms with Gasteiger partial charge in [0.1, 0.15) is 18.5 Å². The molecule has 0 saturated carbocycles. The Morgan fingerprint density at radius 1 is 1.16 bits per heavy atom. The highest BCUT2D eigenvalue weighted by Gasteiger charge is 2.37. The van der Waals surface area contributed by atoms with Crippen LogP contribution in [0.5, 0.6) is 5.75 Å². The maximum absolute atomic E-state index is 15.3. The number of carbonyl (C=O) groups is 2. The van der Waals surface area contributed by atoms with E-state index in [0.29, 0.717) is 11.3 Å². The Balaban J connectivity index is 1.77. The highest BCUT2D eigenvalue weighted by molar-refractivity contribution is 7.98. The first-order valence-electron chi connectivity index (χ1n) is 9.94. The summed E-state index contributed by atoms with van der Waals surface area (Å²) in [7, 11) is 0. The molecule has 1 amide bonds. The van der Waals surface area contributed by atoms with E-state index < -0.39 is 23.3 Å². The number of pyridine rings is 1. The third-order valence-corrected chi connectivity index (χ3v) is 6.62. The molecule has 0 radical (unpaired) electrons. The monoisotopic (exact) mass is 451 g/mol. The molecule has 7 nitrogen and oxygen atoms in total. The largest absolute Gasteiger partial charge is 0.420 e. The summed E-state index contributed by atoms with van der Waals surface area (Å²) in [6, 6.07) is 13.4. The average molecular weight is 451 g/mol. The van der Waals surface area contributed by atoms with Gasteiger partial charge in [-0.25, -0.2) is 4.39 Å². The predicted octanol–water partition coefficient (Wildman–Crippen LogP) is 2.95. The minimum absolute atomic E-state index is 0.0612. The van der Waals surface area contributed by atoms with Crippen molar-refractivity contribution in [2.24, 2.45) is 0 Å². The Labute approximate surface area is 186 Å². The van der Waals surface area contributed by atoms with Crippen LogP contribution in [0.3, 0.4) is 0 Å². The molecule has 0 spiro atoms. The molecule has 5 rings (SSSR count). The van der Waals surface area contributed by atoms with Crippen LogP contribution in [0.15, 0.2) is 64.4 Å². The van der Waals surface area contributed by atoms with E-state index in [1.165, 1.54) is 23.0 Å². The van der Waals surface area contributed by atoms with Crippen molar-refractivity contribution in [2.45, 2.75) is 23.6 Å². The lowest BCUT2D eigenvalue weighted by atomic mass is 9.94. The molecule has 0 aliphatic carbocycles. The molecule has 0 fully saturated rings. The molecule has 2 aliphatic rings. The number of thioether (sulfide) groups is 1. The zero-order chi connectivity index (χ0) is 22.4. The Morgan fingerprint density at radius 2 is 1.97 bits per heavy atom. The van der Waals surface area contributed by atoms with Crippen LogP contribution in [0.4, 0.5) is 4.39 Å². The second kappa shape index (κ2) is 7.83. The number of fused-ring (bicyclic) bond motifs is 3. The summed E-state index contributed by atoms with van der Waals surface area (Å²) in [5.74, 6) is -1.39. The summed E-state index contributed by atoms with van der Waals surface area (Å²) in [6.07, 6.45) is 1.45. The smallest absolute Gasteiger partial charge is 0.308 e. The number of hydrogen-bond acceptors (Lipinski definition) is 6. The van der Waals surface area contributed by atoms with Gasteiger partial charge in [-0.15, -0.1) is 11.8 Å². The number of esters is 1. The van der Waals surface area contributed by atoms with Gasteiger partial charge in [0.05, 0.1) is 0 Å². The molecule has 1 unspecified atom stereocenters. The minimum Gasteiger partial charge on any atom is -0.420 e. The Hall–Kier alpha value is -3.59. The van der Waals surface area contributed by atoms with E-state index in [1.54, 1.807) is 22.8 Å². The van der Waals surface area contributed by atoms with Gasteiger partial charge in [-0.05, 0) is 23.3 Å². The molecular weight excluding hydrogens is 433 g/mol. The van der Waals surface area contributed by atoms with Crippen molar-refractivity contribution in [2.75, 3.05) is 11.7 Å². The quantitative estimate of drug-likeness (QED) is 0.604. The summed E-state index contributed by atoms with van der Waals surface area (Å²) in [4.78, 5) is 37.7. The number of carbonyl (C=O) groups excluding carboxylic acids is 2. The summed E-state index contributed by atoms with van der Waals surface area (Å²) < 4.78 is 21.8. The zero-order valence-corrected chi connectivity index (χ0v) is 17.8. The summed E-state index contributed by atoms with van der Waals surface area (Å²) in [5, 5.41) is 4.49. The molecule has 1 N–H and O–H groups in total. The molecular formula is C23H18FN3O4S. The van der Waals surface area contributed by atoms with E-state index in [-0.39, 0.29) is 23.9 Å². The van der Waals surface area contributed by atoms with Crippen molar-refractivity contribution in [3.8, 4) is 5.75 Å². The third-order valence-electron chi connectivity index (χ3n) is 5.49. The SMILES string of the molecule is CC(=O)Oc1c2n(ccc1=O)N(C1c3ccccc3SCc3cccc(F)c31)CNC2=O.